The number of ether oxygens (including phenoxy) is 2. The van der Waals surface area contributed by atoms with E-state index in [2.05, 4.69) is 11.3 Å². The first-order valence-corrected chi connectivity index (χ1v) is 12.7. The number of rotatable bonds is 9. The number of thioether (sulfide) groups is 1. The summed E-state index contributed by atoms with van der Waals surface area (Å²) in [5.74, 6) is 0.250. The lowest BCUT2D eigenvalue weighted by molar-refractivity contribution is -0.122. The van der Waals surface area contributed by atoms with Crippen molar-refractivity contribution in [1.82, 2.24) is 4.90 Å². The predicted molar refractivity (Wildman–Crippen MR) is 127 cm³/mol. The van der Waals surface area contributed by atoms with Gasteiger partial charge in [-0.2, -0.15) is 8.42 Å². The Bertz CT molecular complexity index is 1180. The van der Waals surface area contributed by atoms with Gasteiger partial charge in [0, 0.05) is 6.54 Å². The zero-order valence-corrected chi connectivity index (χ0v) is 20.2. The number of likely N-dealkylation sites (N-methyl/N-ethyl adjacent to an activating group) is 1. The molecule has 0 radical (unpaired) electrons. The third-order valence-corrected chi connectivity index (χ3v) is 7.16. The van der Waals surface area contributed by atoms with E-state index in [1.165, 1.54) is 12.0 Å². The summed E-state index contributed by atoms with van der Waals surface area (Å²) in [5.41, 5.74) is 0.698. The normalized spacial score (nSPS) is 16.6. The molecule has 1 aliphatic rings. The van der Waals surface area contributed by atoms with E-state index in [-0.39, 0.29) is 22.5 Å². The Labute approximate surface area is 197 Å². The van der Waals surface area contributed by atoms with Gasteiger partial charge in [0.2, 0.25) is 0 Å². The van der Waals surface area contributed by atoms with E-state index in [4.69, 9.17) is 9.47 Å². The first-order chi connectivity index (χ1) is 15.8. The maximum absolute atomic E-state index is 13.2. The zero-order chi connectivity index (χ0) is 24.0. The van der Waals surface area contributed by atoms with Gasteiger partial charge in [0.05, 0.1) is 23.5 Å². The molecule has 1 aliphatic heterocycles. The molecule has 10 heteroatoms. The van der Waals surface area contributed by atoms with Crippen LogP contribution in [0, 0.1) is 5.82 Å². The summed E-state index contributed by atoms with van der Waals surface area (Å²) >= 11 is 0.968. The minimum atomic E-state index is -4.11. The van der Waals surface area contributed by atoms with Crippen molar-refractivity contribution in [1.29, 1.82) is 0 Å². The zero-order valence-electron chi connectivity index (χ0n) is 18.6. The summed E-state index contributed by atoms with van der Waals surface area (Å²) in [6.45, 7) is 4.63. The molecule has 0 aliphatic carbocycles. The number of nitrogens with zero attached hydrogens (tertiary/aromatic N) is 2. The van der Waals surface area contributed by atoms with Crippen LogP contribution in [0.2, 0.25) is 0 Å². The molecule has 1 heterocycles. The summed E-state index contributed by atoms with van der Waals surface area (Å²) in [7, 11) is -2.57. The Hall–Kier alpha value is -2.85. The van der Waals surface area contributed by atoms with Crippen molar-refractivity contribution in [2.75, 3.05) is 20.3 Å². The number of benzene rings is 2. The molecule has 0 spiro atoms. The summed E-state index contributed by atoms with van der Waals surface area (Å²) in [4.78, 5) is 14.3. The van der Waals surface area contributed by atoms with Crippen LogP contribution in [0.5, 0.6) is 11.5 Å². The van der Waals surface area contributed by atoms with Crippen LogP contribution < -0.4 is 9.47 Å². The number of hydrogen-bond acceptors (Lipinski definition) is 6. The molecule has 1 amide bonds. The SMILES string of the molecule is CCCCOc1ccc(/C=C2\S/C(=N/S(=O)(=O)c3ccc(F)cc3)N(CC)C2=O)cc1OC. The van der Waals surface area contributed by atoms with Gasteiger partial charge >= 0.3 is 0 Å². The molecular weight excluding hydrogens is 467 g/mol. The molecule has 0 N–H and O–H groups in total. The number of unbranched alkanes of at least 4 members (excludes halogenated alkanes) is 1. The van der Waals surface area contributed by atoms with E-state index < -0.39 is 15.8 Å². The predicted octanol–water partition coefficient (Wildman–Crippen LogP) is 4.69. The molecular formula is C23H25FN2O5S2. The quantitative estimate of drug-likeness (QED) is 0.373. The molecule has 0 unspecified atom stereocenters. The smallest absolute Gasteiger partial charge is 0.284 e. The maximum atomic E-state index is 13.2. The van der Waals surface area contributed by atoms with Crippen molar-refractivity contribution in [2.45, 2.75) is 31.6 Å². The average Bonchev–Trinajstić information content (AvgIpc) is 3.08. The van der Waals surface area contributed by atoms with Crippen LogP contribution in [0.1, 0.15) is 32.3 Å². The molecule has 3 rings (SSSR count). The Morgan fingerprint density at radius 3 is 2.48 bits per heavy atom. The molecule has 2 aromatic rings. The average molecular weight is 493 g/mol. The lowest BCUT2D eigenvalue weighted by Crippen LogP contribution is -2.29. The number of carbonyl (C=O) groups excluding carboxylic acids is 1. The van der Waals surface area contributed by atoms with Crippen LogP contribution in [-0.2, 0) is 14.8 Å². The van der Waals surface area contributed by atoms with Gasteiger partial charge in [-0.05, 0) is 73.1 Å². The van der Waals surface area contributed by atoms with E-state index in [0.29, 0.717) is 28.6 Å². The van der Waals surface area contributed by atoms with Crippen LogP contribution >= 0.6 is 11.8 Å². The third-order valence-electron chi connectivity index (χ3n) is 4.75. The second-order valence-corrected chi connectivity index (χ2v) is 9.69. The van der Waals surface area contributed by atoms with Crippen LogP contribution in [0.3, 0.4) is 0 Å². The van der Waals surface area contributed by atoms with Crippen molar-refractivity contribution in [3.63, 3.8) is 0 Å². The van der Waals surface area contributed by atoms with E-state index in [1.54, 1.807) is 31.2 Å². The largest absolute Gasteiger partial charge is 0.493 e. The summed E-state index contributed by atoms with van der Waals surface area (Å²) in [6.07, 6.45) is 3.59. The standard InChI is InChI=1S/C23H25FN2O5S2/c1-4-6-13-31-19-12-7-16(14-20(19)30-3)15-21-22(27)26(5-2)23(32-21)25-33(28,29)18-10-8-17(24)9-11-18/h7-12,14-15H,4-6,13H2,1-3H3/b21-15-,25-23+. The molecule has 0 bridgehead atoms. The molecule has 7 nitrogen and oxygen atoms in total. The van der Waals surface area contributed by atoms with E-state index in [1.807, 2.05) is 0 Å². The van der Waals surface area contributed by atoms with Crippen molar-refractivity contribution in [2.24, 2.45) is 4.40 Å². The van der Waals surface area contributed by atoms with Gasteiger partial charge in [-0.3, -0.25) is 9.69 Å². The van der Waals surface area contributed by atoms with Crippen LogP contribution in [0.4, 0.5) is 4.39 Å². The molecule has 33 heavy (non-hydrogen) atoms. The first kappa shape index (κ1) is 24.8. The maximum Gasteiger partial charge on any atom is 0.284 e. The van der Waals surface area contributed by atoms with Crippen molar-refractivity contribution in [3.8, 4) is 11.5 Å². The molecule has 176 valence electrons. The minimum absolute atomic E-state index is 0.0459. The highest BCUT2D eigenvalue weighted by molar-refractivity contribution is 8.19. The molecule has 1 fully saturated rings. The Morgan fingerprint density at radius 1 is 1.12 bits per heavy atom. The summed E-state index contributed by atoms with van der Waals surface area (Å²) < 4.78 is 53.4. The number of halogens is 1. The highest BCUT2D eigenvalue weighted by Gasteiger charge is 2.34. The first-order valence-electron chi connectivity index (χ1n) is 10.4. The monoisotopic (exact) mass is 492 g/mol. The van der Waals surface area contributed by atoms with E-state index in [0.717, 1.165) is 48.9 Å². The highest BCUT2D eigenvalue weighted by atomic mass is 32.2. The van der Waals surface area contributed by atoms with Gasteiger partial charge in [0.1, 0.15) is 5.82 Å². The second kappa shape index (κ2) is 10.8. The topological polar surface area (TPSA) is 85.3 Å². The summed E-state index contributed by atoms with van der Waals surface area (Å²) in [5, 5.41) is 0.0459. The van der Waals surface area contributed by atoms with Crippen molar-refractivity contribution < 1.29 is 27.1 Å². The third kappa shape index (κ3) is 5.94. The van der Waals surface area contributed by atoms with Crippen molar-refractivity contribution >= 4 is 38.9 Å². The number of sulfonamides is 1. The van der Waals surface area contributed by atoms with Gasteiger partial charge < -0.3 is 9.47 Å². The van der Waals surface area contributed by atoms with Gasteiger partial charge in [-0.25, -0.2) is 4.39 Å². The van der Waals surface area contributed by atoms with Crippen LogP contribution in [-0.4, -0.2) is 44.7 Å². The van der Waals surface area contributed by atoms with E-state index >= 15 is 0 Å². The van der Waals surface area contributed by atoms with Gasteiger partial charge in [-0.1, -0.05) is 19.4 Å². The second-order valence-electron chi connectivity index (χ2n) is 7.08. The number of amides is 1. The summed E-state index contributed by atoms with van der Waals surface area (Å²) in [6, 6.07) is 9.70. The molecule has 0 aromatic heterocycles. The van der Waals surface area contributed by atoms with Gasteiger partial charge in [0.25, 0.3) is 15.9 Å². The molecule has 1 saturated heterocycles. The van der Waals surface area contributed by atoms with Gasteiger partial charge in [0.15, 0.2) is 16.7 Å². The fraction of sp³-hybridized carbons (Fsp3) is 0.304. The number of methoxy groups -OCH3 is 1. The van der Waals surface area contributed by atoms with E-state index in [9.17, 15) is 17.6 Å². The lowest BCUT2D eigenvalue weighted by atomic mass is 10.2. The molecule has 2 aromatic carbocycles. The lowest BCUT2D eigenvalue weighted by Gasteiger charge is -2.12. The Kier molecular flexibility index (Phi) is 8.15. The van der Waals surface area contributed by atoms with Gasteiger partial charge in [-0.15, -0.1) is 4.40 Å². The number of hydrogen-bond donors (Lipinski definition) is 0. The van der Waals surface area contributed by atoms with Crippen LogP contribution in [0.15, 0.2) is 56.7 Å². The highest BCUT2D eigenvalue weighted by Crippen LogP contribution is 2.35. The molecule has 0 atom stereocenters. The Balaban J connectivity index is 1.89. The fourth-order valence-electron chi connectivity index (χ4n) is 2.99. The fourth-order valence-corrected chi connectivity index (χ4v) is 5.23. The van der Waals surface area contributed by atoms with Crippen molar-refractivity contribution in [3.05, 3.63) is 58.8 Å². The number of amidine groups is 1. The molecule has 0 saturated carbocycles. The van der Waals surface area contributed by atoms with Crippen LogP contribution in [0.25, 0.3) is 6.08 Å². The minimum Gasteiger partial charge on any atom is -0.493 e. The Morgan fingerprint density at radius 2 is 1.85 bits per heavy atom. The number of carbonyl (C=O) groups is 1.